The lowest BCUT2D eigenvalue weighted by atomic mass is 10.0. The Morgan fingerprint density at radius 1 is 1.20 bits per heavy atom. The molecular weight excluding hydrogens is 321 g/mol. The molecule has 0 atom stereocenters. The van der Waals surface area contributed by atoms with Gasteiger partial charge in [-0.2, -0.15) is 9.97 Å². The number of rotatable bonds is 5. The largest absolute Gasteiger partial charge is 0.421 e. The highest BCUT2D eigenvalue weighted by Gasteiger charge is 2.20. The summed E-state index contributed by atoms with van der Waals surface area (Å²) >= 11 is 0. The Morgan fingerprint density at radius 3 is 2.48 bits per heavy atom. The first-order valence-corrected chi connectivity index (χ1v) is 8.60. The van der Waals surface area contributed by atoms with Crippen LogP contribution in [0, 0.1) is 25.6 Å². The highest BCUT2D eigenvalue weighted by Crippen LogP contribution is 2.29. The van der Waals surface area contributed by atoms with Gasteiger partial charge in [-0.05, 0) is 44.7 Å². The first kappa shape index (κ1) is 17.3. The monoisotopic (exact) mass is 343 g/mol. The molecule has 0 radical (unpaired) electrons. The van der Waals surface area contributed by atoms with Crippen LogP contribution < -0.4 is 10.1 Å². The third-order valence-corrected chi connectivity index (χ3v) is 4.50. The van der Waals surface area contributed by atoms with Crippen molar-refractivity contribution in [2.45, 2.75) is 46.0 Å². The van der Waals surface area contributed by atoms with Gasteiger partial charge in [-0.1, -0.05) is 25.0 Å². The summed E-state index contributed by atoms with van der Waals surface area (Å²) in [6.07, 6.45) is 5.20. The summed E-state index contributed by atoms with van der Waals surface area (Å²) in [4.78, 5) is 20.7. The lowest BCUT2D eigenvalue weighted by Gasteiger charge is -2.14. The number of aromatic nitrogens is 2. The number of benzene rings is 1. The molecule has 1 aliphatic rings. The molecule has 1 saturated carbocycles. The summed E-state index contributed by atoms with van der Waals surface area (Å²) in [5.74, 6) is 0.0596. The van der Waals surface area contributed by atoms with Crippen LogP contribution in [-0.2, 0) is 4.79 Å². The number of anilines is 1. The highest BCUT2D eigenvalue weighted by atomic mass is 19.1. The summed E-state index contributed by atoms with van der Waals surface area (Å²) in [6, 6.07) is 6.15. The first-order chi connectivity index (χ1) is 12.0. The normalized spacial score (nSPS) is 14.5. The van der Waals surface area contributed by atoms with Gasteiger partial charge in [-0.3, -0.25) is 4.79 Å². The van der Waals surface area contributed by atoms with E-state index in [0.717, 1.165) is 12.8 Å². The molecule has 2 aromatic rings. The van der Waals surface area contributed by atoms with E-state index in [0.29, 0.717) is 29.4 Å². The van der Waals surface area contributed by atoms with E-state index in [1.165, 1.54) is 25.0 Å². The Balaban J connectivity index is 1.71. The van der Waals surface area contributed by atoms with Crippen molar-refractivity contribution in [2.75, 3.05) is 5.32 Å². The fourth-order valence-corrected chi connectivity index (χ4v) is 3.21. The van der Waals surface area contributed by atoms with Crippen LogP contribution in [0.3, 0.4) is 0 Å². The molecule has 1 heterocycles. The summed E-state index contributed by atoms with van der Waals surface area (Å²) in [5.41, 5.74) is 1.79. The summed E-state index contributed by atoms with van der Waals surface area (Å²) in [7, 11) is 0. The molecule has 0 bridgehead atoms. The minimum Gasteiger partial charge on any atom is -0.421 e. The number of halogens is 1. The van der Waals surface area contributed by atoms with Crippen molar-refractivity contribution in [1.29, 1.82) is 0 Å². The smallest absolute Gasteiger partial charge is 0.322 e. The number of hydrogen-bond acceptors (Lipinski definition) is 4. The van der Waals surface area contributed by atoms with Gasteiger partial charge in [0.25, 0.3) is 0 Å². The van der Waals surface area contributed by atoms with E-state index in [1.807, 2.05) is 0 Å². The predicted octanol–water partition coefficient (Wildman–Crippen LogP) is 4.54. The van der Waals surface area contributed by atoms with Crippen LogP contribution in [0.1, 0.15) is 43.5 Å². The fraction of sp³-hybridized carbons (Fsp3) is 0.421. The minimum absolute atomic E-state index is 0.00975. The van der Waals surface area contributed by atoms with E-state index in [1.54, 1.807) is 26.0 Å². The van der Waals surface area contributed by atoms with Gasteiger partial charge in [0, 0.05) is 6.42 Å². The predicted molar refractivity (Wildman–Crippen MR) is 93.2 cm³/mol. The molecule has 1 aromatic heterocycles. The van der Waals surface area contributed by atoms with E-state index < -0.39 is 5.82 Å². The summed E-state index contributed by atoms with van der Waals surface area (Å²) < 4.78 is 19.1. The van der Waals surface area contributed by atoms with E-state index in [4.69, 9.17) is 4.74 Å². The Morgan fingerprint density at radius 2 is 1.84 bits per heavy atom. The summed E-state index contributed by atoms with van der Waals surface area (Å²) in [5, 5.41) is 2.91. The average molecular weight is 343 g/mol. The Labute approximate surface area is 146 Å². The van der Waals surface area contributed by atoms with Crippen LogP contribution >= 0.6 is 0 Å². The van der Waals surface area contributed by atoms with E-state index in [2.05, 4.69) is 15.3 Å². The lowest BCUT2D eigenvalue weighted by Crippen LogP contribution is -2.17. The van der Waals surface area contributed by atoms with E-state index in [-0.39, 0.29) is 17.7 Å². The molecule has 3 rings (SSSR count). The van der Waals surface area contributed by atoms with Crippen molar-refractivity contribution in [3.05, 3.63) is 41.5 Å². The van der Waals surface area contributed by atoms with Crippen molar-refractivity contribution in [3.8, 4) is 11.8 Å². The van der Waals surface area contributed by atoms with Gasteiger partial charge in [-0.15, -0.1) is 0 Å². The third-order valence-electron chi connectivity index (χ3n) is 4.50. The van der Waals surface area contributed by atoms with Crippen molar-refractivity contribution in [2.24, 2.45) is 5.92 Å². The van der Waals surface area contributed by atoms with Crippen LogP contribution in [0.2, 0.25) is 0 Å². The second kappa shape index (κ2) is 7.59. The molecule has 1 aliphatic carbocycles. The van der Waals surface area contributed by atoms with Crippen molar-refractivity contribution in [1.82, 2.24) is 9.97 Å². The highest BCUT2D eigenvalue weighted by molar-refractivity contribution is 5.92. The number of nitrogens with zero attached hydrogens (tertiary/aromatic N) is 2. The molecule has 0 unspecified atom stereocenters. The molecule has 5 nitrogen and oxygen atoms in total. The van der Waals surface area contributed by atoms with Gasteiger partial charge in [0.2, 0.25) is 5.91 Å². The third kappa shape index (κ3) is 4.32. The maximum Gasteiger partial charge on any atom is 0.322 e. The standard InChI is InChI=1S/C19H22FN3O2/c1-12-18(23-17(24)11-14-7-3-4-8-14)13(2)22-19(21-12)25-16-10-6-5-9-15(16)20/h5-6,9-10,14H,3-4,7-8,11H2,1-2H3,(H,23,24). The zero-order valence-electron chi connectivity index (χ0n) is 14.5. The number of ether oxygens (including phenoxy) is 1. The average Bonchev–Trinajstić information content (AvgIpc) is 3.06. The van der Waals surface area contributed by atoms with Gasteiger partial charge in [0.05, 0.1) is 17.1 Å². The van der Waals surface area contributed by atoms with E-state index >= 15 is 0 Å². The second-order valence-corrected chi connectivity index (χ2v) is 6.49. The molecular formula is C19H22FN3O2. The quantitative estimate of drug-likeness (QED) is 0.865. The minimum atomic E-state index is -0.477. The molecule has 6 heteroatoms. The van der Waals surface area contributed by atoms with Crippen molar-refractivity contribution in [3.63, 3.8) is 0 Å². The Bertz CT molecular complexity index is 750. The maximum atomic E-state index is 13.7. The second-order valence-electron chi connectivity index (χ2n) is 6.49. The van der Waals surface area contributed by atoms with Crippen LogP contribution in [0.5, 0.6) is 11.8 Å². The zero-order valence-corrected chi connectivity index (χ0v) is 14.5. The molecule has 132 valence electrons. The molecule has 1 aromatic carbocycles. The van der Waals surface area contributed by atoms with Gasteiger partial charge < -0.3 is 10.1 Å². The number of carbonyl (C=O) groups is 1. The first-order valence-electron chi connectivity index (χ1n) is 8.60. The van der Waals surface area contributed by atoms with Crippen LogP contribution in [0.4, 0.5) is 10.1 Å². The van der Waals surface area contributed by atoms with Gasteiger partial charge >= 0.3 is 6.01 Å². The Kier molecular flexibility index (Phi) is 5.26. The topological polar surface area (TPSA) is 64.1 Å². The van der Waals surface area contributed by atoms with Crippen molar-refractivity contribution >= 4 is 11.6 Å². The number of aryl methyl sites for hydroxylation is 2. The van der Waals surface area contributed by atoms with Crippen LogP contribution in [0.25, 0.3) is 0 Å². The molecule has 1 amide bonds. The van der Waals surface area contributed by atoms with Gasteiger partial charge in [0.15, 0.2) is 11.6 Å². The molecule has 0 spiro atoms. The SMILES string of the molecule is Cc1nc(Oc2ccccc2F)nc(C)c1NC(=O)CC1CCCC1. The lowest BCUT2D eigenvalue weighted by molar-refractivity contribution is -0.117. The number of nitrogens with one attached hydrogen (secondary N) is 1. The molecule has 25 heavy (non-hydrogen) atoms. The Hall–Kier alpha value is -2.50. The summed E-state index contributed by atoms with van der Waals surface area (Å²) in [6.45, 7) is 3.54. The number of carbonyl (C=O) groups excluding carboxylic acids is 1. The van der Waals surface area contributed by atoms with Crippen LogP contribution in [-0.4, -0.2) is 15.9 Å². The van der Waals surface area contributed by atoms with Crippen molar-refractivity contribution < 1.29 is 13.9 Å². The molecule has 1 fully saturated rings. The van der Waals surface area contributed by atoms with Crippen LogP contribution in [0.15, 0.2) is 24.3 Å². The van der Waals surface area contributed by atoms with E-state index in [9.17, 15) is 9.18 Å². The molecule has 0 aliphatic heterocycles. The number of hydrogen-bond donors (Lipinski definition) is 1. The molecule has 1 N–H and O–H groups in total. The zero-order chi connectivity index (χ0) is 17.8. The maximum absolute atomic E-state index is 13.7. The number of amides is 1. The number of para-hydroxylation sites is 1. The molecule has 0 saturated heterocycles. The van der Waals surface area contributed by atoms with Gasteiger partial charge in [0.1, 0.15) is 0 Å². The van der Waals surface area contributed by atoms with Gasteiger partial charge in [-0.25, -0.2) is 4.39 Å². The fourth-order valence-electron chi connectivity index (χ4n) is 3.21.